The Bertz CT molecular complexity index is 1050. The van der Waals surface area contributed by atoms with E-state index >= 15 is 0 Å². The summed E-state index contributed by atoms with van der Waals surface area (Å²) in [6.07, 6.45) is 1.72. The monoisotopic (exact) mass is 319 g/mol. The first-order valence-electron chi connectivity index (χ1n) is 7.72. The summed E-state index contributed by atoms with van der Waals surface area (Å²) in [6, 6.07) is 14.0. The zero-order valence-electron chi connectivity index (χ0n) is 13.5. The summed E-state index contributed by atoms with van der Waals surface area (Å²) in [5.41, 5.74) is 5.82. The number of rotatable bonds is 3. The van der Waals surface area contributed by atoms with E-state index in [1.807, 2.05) is 40.8 Å². The van der Waals surface area contributed by atoms with Crippen LogP contribution in [0.4, 0.5) is 0 Å². The smallest absolute Gasteiger partial charge is 0.161 e. The number of ether oxygens (including phenoxy) is 1. The average Bonchev–Trinajstić information content (AvgIpc) is 3.09. The molecule has 5 nitrogen and oxygen atoms in total. The lowest BCUT2D eigenvalue weighted by molar-refractivity contribution is 0.282. The van der Waals surface area contributed by atoms with Gasteiger partial charge in [-0.15, -0.1) is 10.2 Å². The van der Waals surface area contributed by atoms with Crippen molar-refractivity contribution in [1.82, 2.24) is 14.6 Å². The Morgan fingerprint density at radius 1 is 1.17 bits per heavy atom. The second kappa shape index (κ2) is 5.62. The maximum atomic E-state index is 9.41. The summed E-state index contributed by atoms with van der Waals surface area (Å²) < 4.78 is 7.60. The van der Waals surface area contributed by atoms with Crippen molar-refractivity contribution in [3.63, 3.8) is 0 Å². The lowest BCUT2D eigenvalue weighted by Crippen LogP contribution is -1.95. The van der Waals surface area contributed by atoms with Crippen molar-refractivity contribution in [2.75, 3.05) is 7.11 Å². The maximum absolute atomic E-state index is 9.41. The van der Waals surface area contributed by atoms with Gasteiger partial charge < -0.3 is 9.84 Å². The molecule has 120 valence electrons. The number of hydrogen-bond acceptors (Lipinski definition) is 4. The van der Waals surface area contributed by atoms with Crippen molar-refractivity contribution in [3.05, 3.63) is 59.9 Å². The SMILES string of the molecule is COc1cc2c(C)cc3nncn3c2cc1-c1cccc(CO)c1. The van der Waals surface area contributed by atoms with Crippen LogP contribution < -0.4 is 4.74 Å². The van der Waals surface area contributed by atoms with Crippen LogP contribution in [0, 0.1) is 6.92 Å². The Kier molecular flexibility index (Phi) is 3.43. The van der Waals surface area contributed by atoms with Crippen LogP contribution in [-0.4, -0.2) is 26.8 Å². The first kappa shape index (κ1) is 14.7. The molecule has 0 unspecified atom stereocenters. The van der Waals surface area contributed by atoms with E-state index < -0.39 is 0 Å². The minimum Gasteiger partial charge on any atom is -0.496 e. The second-order valence-electron chi connectivity index (χ2n) is 5.81. The molecule has 0 aliphatic rings. The molecule has 0 saturated heterocycles. The minimum absolute atomic E-state index is 0.0124. The number of aromatic nitrogens is 3. The van der Waals surface area contributed by atoms with Gasteiger partial charge in [0.25, 0.3) is 0 Å². The molecular formula is C19H17N3O2. The molecule has 0 fully saturated rings. The highest BCUT2D eigenvalue weighted by Gasteiger charge is 2.13. The summed E-state index contributed by atoms with van der Waals surface area (Å²) in [7, 11) is 1.67. The van der Waals surface area contributed by atoms with Gasteiger partial charge in [0.1, 0.15) is 12.1 Å². The van der Waals surface area contributed by atoms with Crippen LogP contribution in [-0.2, 0) is 6.61 Å². The van der Waals surface area contributed by atoms with E-state index in [-0.39, 0.29) is 6.61 Å². The number of nitrogens with zero attached hydrogens (tertiary/aromatic N) is 3. The molecule has 0 atom stereocenters. The van der Waals surface area contributed by atoms with Crippen LogP contribution in [0.2, 0.25) is 0 Å². The molecule has 2 aromatic heterocycles. The third kappa shape index (κ3) is 2.21. The van der Waals surface area contributed by atoms with Gasteiger partial charge >= 0.3 is 0 Å². The van der Waals surface area contributed by atoms with Gasteiger partial charge in [0, 0.05) is 10.9 Å². The van der Waals surface area contributed by atoms with Crippen molar-refractivity contribution in [2.24, 2.45) is 0 Å². The highest BCUT2D eigenvalue weighted by atomic mass is 16.5. The van der Waals surface area contributed by atoms with E-state index in [4.69, 9.17) is 4.74 Å². The lowest BCUT2D eigenvalue weighted by Gasteiger charge is -2.13. The summed E-state index contributed by atoms with van der Waals surface area (Å²) in [4.78, 5) is 0. The van der Waals surface area contributed by atoms with Gasteiger partial charge in [-0.2, -0.15) is 0 Å². The van der Waals surface area contributed by atoms with Crippen LogP contribution >= 0.6 is 0 Å². The maximum Gasteiger partial charge on any atom is 0.161 e. The summed E-state index contributed by atoms with van der Waals surface area (Å²) >= 11 is 0. The van der Waals surface area contributed by atoms with E-state index in [2.05, 4.69) is 23.2 Å². The summed E-state index contributed by atoms with van der Waals surface area (Å²) in [5, 5.41) is 18.7. The van der Waals surface area contributed by atoms with E-state index in [0.29, 0.717) is 0 Å². The van der Waals surface area contributed by atoms with Crippen LogP contribution in [0.1, 0.15) is 11.1 Å². The molecule has 0 bridgehead atoms. The third-order valence-corrected chi connectivity index (χ3v) is 4.34. The van der Waals surface area contributed by atoms with E-state index in [1.54, 1.807) is 13.4 Å². The standard InChI is InChI=1S/C19H17N3O2/c1-12-6-19-21-20-11-22(19)17-8-16(18(24-2)9-15(12)17)14-5-3-4-13(7-14)10-23/h3-9,11,23H,10H2,1-2H3. The first-order valence-corrected chi connectivity index (χ1v) is 7.72. The molecule has 2 aromatic carbocycles. The molecule has 4 aromatic rings. The Morgan fingerprint density at radius 2 is 2.04 bits per heavy atom. The molecular weight excluding hydrogens is 302 g/mol. The van der Waals surface area contributed by atoms with Crippen molar-refractivity contribution in [3.8, 4) is 16.9 Å². The van der Waals surface area contributed by atoms with Crippen molar-refractivity contribution in [1.29, 1.82) is 0 Å². The Hall–Kier alpha value is -2.92. The topological polar surface area (TPSA) is 59.7 Å². The van der Waals surface area contributed by atoms with Crippen LogP contribution in [0.25, 0.3) is 27.7 Å². The number of pyridine rings is 1. The largest absolute Gasteiger partial charge is 0.496 e. The van der Waals surface area contributed by atoms with Gasteiger partial charge in [-0.25, -0.2) is 0 Å². The summed E-state index contributed by atoms with van der Waals surface area (Å²) in [5.74, 6) is 0.799. The summed E-state index contributed by atoms with van der Waals surface area (Å²) in [6.45, 7) is 2.07. The number of fused-ring (bicyclic) bond motifs is 3. The van der Waals surface area contributed by atoms with Crippen LogP contribution in [0.15, 0.2) is 48.8 Å². The molecule has 0 aliphatic heterocycles. The van der Waals surface area contributed by atoms with E-state index in [1.165, 1.54) is 0 Å². The third-order valence-electron chi connectivity index (χ3n) is 4.34. The van der Waals surface area contributed by atoms with Crippen molar-refractivity contribution < 1.29 is 9.84 Å². The predicted molar refractivity (Wildman–Crippen MR) is 93.1 cm³/mol. The van der Waals surface area contributed by atoms with Gasteiger partial charge in [0.15, 0.2) is 5.65 Å². The molecule has 0 amide bonds. The number of benzene rings is 2. The zero-order valence-corrected chi connectivity index (χ0v) is 13.5. The molecule has 24 heavy (non-hydrogen) atoms. The van der Waals surface area contributed by atoms with Gasteiger partial charge in [0.05, 0.1) is 19.2 Å². The second-order valence-corrected chi connectivity index (χ2v) is 5.81. The Labute approximate surface area is 139 Å². The molecule has 5 heteroatoms. The highest BCUT2D eigenvalue weighted by molar-refractivity contribution is 5.92. The Morgan fingerprint density at radius 3 is 2.83 bits per heavy atom. The van der Waals surface area contributed by atoms with Crippen molar-refractivity contribution >= 4 is 16.6 Å². The zero-order chi connectivity index (χ0) is 16.7. The molecule has 0 spiro atoms. The van der Waals surface area contributed by atoms with Gasteiger partial charge in [-0.05, 0) is 47.9 Å². The fourth-order valence-corrected chi connectivity index (χ4v) is 3.11. The first-order chi connectivity index (χ1) is 11.7. The molecule has 0 aliphatic carbocycles. The molecule has 2 heterocycles. The molecule has 4 rings (SSSR count). The Balaban J connectivity index is 2.07. The van der Waals surface area contributed by atoms with Crippen molar-refractivity contribution in [2.45, 2.75) is 13.5 Å². The number of aliphatic hydroxyl groups is 1. The highest BCUT2D eigenvalue weighted by Crippen LogP contribution is 2.36. The predicted octanol–water partition coefficient (Wildman–Crippen LogP) is 3.36. The van der Waals surface area contributed by atoms with Gasteiger partial charge in [0.2, 0.25) is 0 Å². The average molecular weight is 319 g/mol. The van der Waals surface area contributed by atoms with Crippen LogP contribution in [0.3, 0.4) is 0 Å². The lowest BCUT2D eigenvalue weighted by atomic mass is 9.99. The van der Waals surface area contributed by atoms with Gasteiger partial charge in [-0.3, -0.25) is 4.40 Å². The number of aliphatic hydroxyl groups excluding tert-OH is 1. The van der Waals surface area contributed by atoms with E-state index in [0.717, 1.165) is 44.6 Å². The molecule has 0 radical (unpaired) electrons. The quantitative estimate of drug-likeness (QED) is 0.629. The van der Waals surface area contributed by atoms with Gasteiger partial charge in [-0.1, -0.05) is 18.2 Å². The molecule has 0 saturated carbocycles. The van der Waals surface area contributed by atoms with E-state index in [9.17, 15) is 5.11 Å². The number of methoxy groups -OCH3 is 1. The fourth-order valence-electron chi connectivity index (χ4n) is 3.11. The number of hydrogen-bond donors (Lipinski definition) is 1. The number of aryl methyl sites for hydroxylation is 1. The fraction of sp³-hybridized carbons (Fsp3) is 0.158. The molecule has 1 N–H and O–H groups in total. The normalized spacial score (nSPS) is 11.3. The van der Waals surface area contributed by atoms with Crippen LogP contribution in [0.5, 0.6) is 5.75 Å². The minimum atomic E-state index is 0.0124.